The molecule has 0 spiro atoms. The van der Waals surface area contributed by atoms with Crippen molar-refractivity contribution in [2.75, 3.05) is 0 Å². The summed E-state index contributed by atoms with van der Waals surface area (Å²) in [7, 11) is 0. The molecule has 0 bridgehead atoms. The Bertz CT molecular complexity index is 590. The van der Waals surface area contributed by atoms with Gasteiger partial charge < -0.3 is 0 Å². The maximum Gasteiger partial charge on any atom is 0.144 e. The molecule has 2 unspecified atom stereocenters. The van der Waals surface area contributed by atoms with Crippen LogP contribution in [-0.4, -0.2) is 10.5 Å². The molecule has 0 heterocycles. The van der Waals surface area contributed by atoms with Gasteiger partial charge in [0.2, 0.25) is 0 Å². The second-order valence-electron chi connectivity index (χ2n) is 13.1. The molecule has 0 aromatic rings. The van der Waals surface area contributed by atoms with Gasteiger partial charge in [-0.15, -0.1) is 0 Å². The van der Waals surface area contributed by atoms with Gasteiger partial charge >= 0.3 is 0 Å². The van der Waals surface area contributed by atoms with E-state index in [4.69, 9.17) is 12.6 Å². The molecule has 2 heteroatoms. The predicted octanol–water partition coefficient (Wildman–Crippen LogP) is 9.31. The first-order valence-corrected chi connectivity index (χ1v) is 12.6. The highest BCUT2D eigenvalue weighted by atomic mass is 32.1. The molecular weight excluding hydrogens is 384 g/mol. The van der Waals surface area contributed by atoms with Gasteiger partial charge in [-0.1, -0.05) is 109 Å². The minimum atomic E-state index is -0.379. The molecule has 0 rings (SSSR count). The van der Waals surface area contributed by atoms with E-state index in [1.54, 1.807) is 0 Å². The van der Waals surface area contributed by atoms with Gasteiger partial charge in [0.1, 0.15) is 5.78 Å². The summed E-state index contributed by atoms with van der Waals surface area (Å²) in [6.07, 6.45) is 10.8. The van der Waals surface area contributed by atoms with Gasteiger partial charge in [0, 0.05) is 15.6 Å². The first-order valence-electron chi connectivity index (χ1n) is 12.2. The number of rotatable bonds is 13. The van der Waals surface area contributed by atoms with Crippen LogP contribution in [0.3, 0.4) is 0 Å². The summed E-state index contributed by atoms with van der Waals surface area (Å²) in [5.74, 6) is 0.391. The van der Waals surface area contributed by atoms with E-state index >= 15 is 0 Å². The predicted molar refractivity (Wildman–Crippen MR) is 139 cm³/mol. The van der Waals surface area contributed by atoms with Crippen molar-refractivity contribution in [1.29, 1.82) is 0 Å². The van der Waals surface area contributed by atoms with Crippen LogP contribution in [0.5, 0.6) is 0 Å². The fourth-order valence-corrected chi connectivity index (χ4v) is 5.52. The first-order chi connectivity index (χ1) is 13.2. The van der Waals surface area contributed by atoms with Crippen molar-refractivity contribution in [3.63, 3.8) is 0 Å². The van der Waals surface area contributed by atoms with Crippen LogP contribution in [0.2, 0.25) is 0 Å². The van der Waals surface area contributed by atoms with Gasteiger partial charge in [-0.2, -0.15) is 12.6 Å². The third-order valence-corrected chi connectivity index (χ3v) is 8.20. The zero-order valence-electron chi connectivity index (χ0n) is 22.8. The second-order valence-corrected chi connectivity index (χ2v) is 14.3. The summed E-state index contributed by atoms with van der Waals surface area (Å²) in [5, 5.41) is 0. The van der Waals surface area contributed by atoms with Crippen LogP contribution in [0.15, 0.2) is 12.2 Å². The molecule has 0 aliphatic rings. The highest BCUT2D eigenvalue weighted by molar-refractivity contribution is 7.81. The minimum absolute atomic E-state index is 0.0155. The van der Waals surface area contributed by atoms with Crippen LogP contribution in [0.4, 0.5) is 0 Å². The molecular formula is C28H54OS. The lowest BCUT2D eigenvalue weighted by Gasteiger charge is -2.48. The van der Waals surface area contributed by atoms with Crippen LogP contribution in [0, 0.1) is 27.1 Å². The van der Waals surface area contributed by atoms with Gasteiger partial charge in [0.25, 0.3) is 0 Å². The molecule has 2 atom stereocenters. The maximum absolute atomic E-state index is 13.8. The number of thiol groups is 1. The van der Waals surface area contributed by atoms with Gasteiger partial charge in [0.15, 0.2) is 0 Å². The number of Topliss-reactive ketones (excluding diaryl/α,β-unsaturated/α-hetero) is 1. The van der Waals surface area contributed by atoms with Gasteiger partial charge in [-0.05, 0) is 48.3 Å². The molecule has 0 aliphatic heterocycles. The van der Waals surface area contributed by atoms with Crippen molar-refractivity contribution in [3.05, 3.63) is 12.2 Å². The van der Waals surface area contributed by atoms with Crippen molar-refractivity contribution in [1.82, 2.24) is 0 Å². The standard InChI is InChI=1S/C28H54OS/c1-14-23(4,5)18-17-19-28(13,16-3)25(8,9)21-27(12,15-2)22(29)24(6,7)20-26(10,11)30/h17,19,30H,14-16,18,20-21H2,1-13H3. The van der Waals surface area contributed by atoms with Crippen LogP contribution in [0.25, 0.3) is 0 Å². The number of carbonyl (C=O) groups is 1. The van der Waals surface area contributed by atoms with Gasteiger partial charge in [-0.25, -0.2) is 0 Å². The van der Waals surface area contributed by atoms with Crippen LogP contribution in [0.1, 0.15) is 129 Å². The zero-order valence-corrected chi connectivity index (χ0v) is 23.6. The van der Waals surface area contributed by atoms with Crippen molar-refractivity contribution in [2.24, 2.45) is 27.1 Å². The summed E-state index contributed by atoms with van der Waals surface area (Å²) in [5.41, 5.74) is -0.302. The summed E-state index contributed by atoms with van der Waals surface area (Å²) in [4.78, 5) is 13.8. The largest absolute Gasteiger partial charge is 0.298 e. The van der Waals surface area contributed by atoms with Crippen LogP contribution in [-0.2, 0) is 4.79 Å². The van der Waals surface area contributed by atoms with E-state index in [2.05, 4.69) is 102 Å². The van der Waals surface area contributed by atoms with Crippen molar-refractivity contribution in [3.8, 4) is 0 Å². The monoisotopic (exact) mass is 438 g/mol. The molecule has 0 amide bonds. The summed E-state index contributed by atoms with van der Waals surface area (Å²) in [6, 6.07) is 0. The van der Waals surface area contributed by atoms with Crippen molar-refractivity contribution in [2.45, 2.75) is 133 Å². The molecule has 178 valence electrons. The molecule has 0 aromatic heterocycles. The third kappa shape index (κ3) is 8.03. The van der Waals surface area contributed by atoms with Gasteiger partial charge in [0.05, 0.1) is 0 Å². The molecule has 30 heavy (non-hydrogen) atoms. The number of hydrogen-bond acceptors (Lipinski definition) is 2. The fourth-order valence-electron chi connectivity index (χ4n) is 5.13. The molecule has 0 radical (unpaired) electrons. The van der Waals surface area contributed by atoms with E-state index in [9.17, 15) is 4.79 Å². The minimum Gasteiger partial charge on any atom is -0.298 e. The van der Waals surface area contributed by atoms with E-state index in [1.807, 2.05) is 0 Å². The summed E-state index contributed by atoms with van der Waals surface area (Å²) >= 11 is 4.72. The molecule has 0 aromatic carbocycles. The number of carbonyl (C=O) groups excluding carboxylic acids is 1. The van der Waals surface area contributed by atoms with Crippen molar-refractivity contribution >= 4 is 18.4 Å². The van der Waals surface area contributed by atoms with Crippen LogP contribution >= 0.6 is 12.6 Å². The quantitative estimate of drug-likeness (QED) is 0.224. The summed E-state index contributed by atoms with van der Waals surface area (Å²) in [6.45, 7) is 29.1. The molecule has 0 aliphatic carbocycles. The maximum atomic E-state index is 13.8. The number of ketones is 1. The molecule has 0 saturated carbocycles. The number of allylic oxidation sites excluding steroid dienone is 2. The summed E-state index contributed by atoms with van der Waals surface area (Å²) < 4.78 is -0.157. The smallest absolute Gasteiger partial charge is 0.144 e. The highest BCUT2D eigenvalue weighted by Crippen LogP contribution is 2.53. The van der Waals surface area contributed by atoms with E-state index in [0.717, 1.165) is 32.1 Å². The Morgan fingerprint density at radius 2 is 1.27 bits per heavy atom. The molecule has 0 saturated heterocycles. The lowest BCUT2D eigenvalue weighted by Crippen LogP contribution is -2.46. The average Bonchev–Trinajstić information content (AvgIpc) is 2.57. The first kappa shape index (κ1) is 29.8. The molecule has 0 N–H and O–H groups in total. The Labute approximate surface area is 195 Å². The van der Waals surface area contributed by atoms with Crippen LogP contribution < -0.4 is 0 Å². The van der Waals surface area contributed by atoms with Gasteiger partial charge in [-0.3, -0.25) is 4.79 Å². The zero-order chi connectivity index (χ0) is 24.2. The topological polar surface area (TPSA) is 17.1 Å². The fraction of sp³-hybridized carbons (Fsp3) is 0.893. The van der Waals surface area contributed by atoms with E-state index in [0.29, 0.717) is 11.2 Å². The normalized spacial score (nSPS) is 18.3. The molecule has 0 fully saturated rings. The lowest BCUT2D eigenvalue weighted by molar-refractivity contribution is -0.140. The molecule has 1 nitrogen and oxygen atoms in total. The average molecular weight is 439 g/mol. The van der Waals surface area contributed by atoms with E-state index < -0.39 is 0 Å². The van der Waals surface area contributed by atoms with E-state index in [-0.39, 0.29) is 26.4 Å². The second kappa shape index (κ2) is 10.1. The van der Waals surface area contributed by atoms with E-state index in [1.165, 1.54) is 6.42 Å². The lowest BCUT2D eigenvalue weighted by atomic mass is 9.55. The Hall–Kier alpha value is -0.240. The third-order valence-electron chi connectivity index (χ3n) is 8.04. The van der Waals surface area contributed by atoms with Crippen molar-refractivity contribution < 1.29 is 4.79 Å². The Morgan fingerprint density at radius 3 is 1.63 bits per heavy atom. The Kier molecular flexibility index (Phi) is 10.1. The Balaban J connectivity index is 5.84. The Morgan fingerprint density at radius 1 is 0.767 bits per heavy atom. The highest BCUT2D eigenvalue weighted by Gasteiger charge is 2.48. The SMILES string of the molecule is CCC(C)(C)CC=CC(C)(CC)C(C)(C)CC(C)(CC)C(=O)C(C)(C)CC(C)(C)S. The number of hydrogen-bond donors (Lipinski definition) is 1.